The summed E-state index contributed by atoms with van der Waals surface area (Å²) in [6, 6.07) is 13.4. The molecule has 2 aromatic carbocycles. The van der Waals surface area contributed by atoms with Crippen molar-refractivity contribution in [3.05, 3.63) is 53.6 Å². The molecule has 0 atom stereocenters. The van der Waals surface area contributed by atoms with Gasteiger partial charge in [-0.1, -0.05) is 6.07 Å². The molecular weight excluding hydrogens is 364 g/mol. The number of hydrogen-bond acceptors (Lipinski definition) is 3. The summed E-state index contributed by atoms with van der Waals surface area (Å²) >= 11 is 0. The lowest BCUT2D eigenvalue weighted by atomic mass is 9.81. The quantitative estimate of drug-likeness (QED) is 0.717. The Hall–Kier alpha value is -2.82. The van der Waals surface area contributed by atoms with Gasteiger partial charge in [0.05, 0.1) is 6.61 Å². The minimum absolute atomic E-state index is 0.0298. The Balaban J connectivity index is 1.48. The van der Waals surface area contributed by atoms with Crippen molar-refractivity contribution in [2.24, 2.45) is 11.8 Å². The van der Waals surface area contributed by atoms with Gasteiger partial charge in [0, 0.05) is 23.2 Å². The second kappa shape index (κ2) is 9.59. The smallest absolute Gasteiger partial charge is 0.227 e. The van der Waals surface area contributed by atoms with Crippen LogP contribution in [0.4, 0.5) is 11.4 Å². The fourth-order valence-corrected chi connectivity index (χ4v) is 3.73. The third kappa shape index (κ3) is 5.59. The first-order valence-corrected chi connectivity index (χ1v) is 10.4. The molecule has 1 aliphatic rings. The second-order valence-corrected chi connectivity index (χ2v) is 7.78. The number of rotatable bonds is 6. The van der Waals surface area contributed by atoms with Crippen LogP contribution in [-0.4, -0.2) is 18.4 Å². The van der Waals surface area contributed by atoms with Gasteiger partial charge < -0.3 is 15.4 Å². The first-order chi connectivity index (χ1) is 14.0. The summed E-state index contributed by atoms with van der Waals surface area (Å²) in [6.45, 7) is 6.65. The Morgan fingerprint density at radius 3 is 1.86 bits per heavy atom. The molecule has 0 unspecified atom stereocenters. The van der Waals surface area contributed by atoms with Crippen LogP contribution in [0.15, 0.2) is 42.5 Å². The summed E-state index contributed by atoms with van der Waals surface area (Å²) in [5.41, 5.74) is 3.99. The molecule has 29 heavy (non-hydrogen) atoms. The molecule has 154 valence electrons. The largest absolute Gasteiger partial charge is 0.494 e. The van der Waals surface area contributed by atoms with E-state index >= 15 is 0 Å². The molecule has 2 N–H and O–H groups in total. The van der Waals surface area contributed by atoms with E-state index in [1.165, 1.54) is 5.56 Å². The summed E-state index contributed by atoms with van der Waals surface area (Å²) in [7, 11) is 0. The van der Waals surface area contributed by atoms with Crippen molar-refractivity contribution in [2.75, 3.05) is 17.2 Å². The van der Waals surface area contributed by atoms with Gasteiger partial charge in [0.15, 0.2) is 0 Å². The molecule has 0 saturated heterocycles. The summed E-state index contributed by atoms with van der Waals surface area (Å²) in [4.78, 5) is 25.2. The third-order valence-electron chi connectivity index (χ3n) is 5.68. The average Bonchev–Trinajstić information content (AvgIpc) is 2.72. The van der Waals surface area contributed by atoms with Crippen molar-refractivity contribution in [1.29, 1.82) is 0 Å². The fraction of sp³-hybridized carbons (Fsp3) is 0.417. The van der Waals surface area contributed by atoms with Gasteiger partial charge in [-0.25, -0.2) is 0 Å². The first-order valence-electron chi connectivity index (χ1n) is 10.4. The molecule has 2 amide bonds. The van der Waals surface area contributed by atoms with Crippen molar-refractivity contribution in [2.45, 2.75) is 46.5 Å². The molecule has 0 aliphatic heterocycles. The van der Waals surface area contributed by atoms with Crippen LogP contribution in [0, 0.1) is 25.7 Å². The maximum absolute atomic E-state index is 12.6. The monoisotopic (exact) mass is 394 g/mol. The van der Waals surface area contributed by atoms with Crippen LogP contribution in [0.3, 0.4) is 0 Å². The van der Waals surface area contributed by atoms with E-state index < -0.39 is 0 Å². The molecule has 3 rings (SSSR count). The van der Waals surface area contributed by atoms with Crippen LogP contribution < -0.4 is 15.4 Å². The molecule has 0 heterocycles. The number of aryl methyl sites for hydroxylation is 2. The van der Waals surface area contributed by atoms with Gasteiger partial charge in [0.25, 0.3) is 0 Å². The van der Waals surface area contributed by atoms with Gasteiger partial charge in [-0.05, 0) is 94.0 Å². The van der Waals surface area contributed by atoms with E-state index in [4.69, 9.17) is 4.74 Å². The van der Waals surface area contributed by atoms with Gasteiger partial charge in [0.1, 0.15) is 5.75 Å². The van der Waals surface area contributed by atoms with Crippen molar-refractivity contribution in [3.63, 3.8) is 0 Å². The van der Waals surface area contributed by atoms with Gasteiger partial charge >= 0.3 is 0 Å². The lowest BCUT2D eigenvalue weighted by Crippen LogP contribution is -2.32. The van der Waals surface area contributed by atoms with Crippen LogP contribution in [0.5, 0.6) is 5.75 Å². The van der Waals surface area contributed by atoms with Crippen LogP contribution >= 0.6 is 0 Å². The Kier molecular flexibility index (Phi) is 6.91. The van der Waals surface area contributed by atoms with E-state index in [-0.39, 0.29) is 23.7 Å². The molecule has 1 aliphatic carbocycles. The number of carbonyl (C=O) groups is 2. The highest BCUT2D eigenvalue weighted by molar-refractivity contribution is 5.94. The molecule has 0 spiro atoms. The maximum Gasteiger partial charge on any atom is 0.227 e. The van der Waals surface area contributed by atoms with Gasteiger partial charge in [0.2, 0.25) is 11.8 Å². The normalized spacial score (nSPS) is 18.7. The van der Waals surface area contributed by atoms with Crippen LogP contribution in [0.25, 0.3) is 0 Å². The van der Waals surface area contributed by atoms with Crippen LogP contribution in [0.2, 0.25) is 0 Å². The Morgan fingerprint density at radius 2 is 1.34 bits per heavy atom. The van der Waals surface area contributed by atoms with Gasteiger partial charge in [-0.15, -0.1) is 0 Å². The zero-order valence-electron chi connectivity index (χ0n) is 17.5. The average molecular weight is 395 g/mol. The Bertz CT molecular complexity index is 853. The predicted octanol–water partition coefficient (Wildman–Crippen LogP) is 5.09. The van der Waals surface area contributed by atoms with E-state index in [1.807, 2.05) is 56.3 Å². The van der Waals surface area contributed by atoms with E-state index in [0.717, 1.165) is 48.4 Å². The summed E-state index contributed by atoms with van der Waals surface area (Å²) in [5, 5.41) is 6.01. The third-order valence-corrected chi connectivity index (χ3v) is 5.68. The highest BCUT2D eigenvalue weighted by Crippen LogP contribution is 2.31. The topological polar surface area (TPSA) is 67.4 Å². The molecule has 0 radical (unpaired) electrons. The number of ether oxygens (including phenoxy) is 1. The Morgan fingerprint density at radius 1 is 0.828 bits per heavy atom. The van der Waals surface area contributed by atoms with E-state index in [0.29, 0.717) is 6.61 Å². The molecule has 0 bridgehead atoms. The zero-order chi connectivity index (χ0) is 20.8. The summed E-state index contributed by atoms with van der Waals surface area (Å²) in [6.07, 6.45) is 2.93. The molecule has 5 nitrogen and oxygen atoms in total. The first kappa shape index (κ1) is 20.9. The molecule has 5 heteroatoms. The Labute approximate surface area is 172 Å². The fourth-order valence-electron chi connectivity index (χ4n) is 3.73. The highest BCUT2D eigenvalue weighted by atomic mass is 16.5. The lowest BCUT2D eigenvalue weighted by molar-refractivity contribution is -0.125. The molecule has 1 fully saturated rings. The standard InChI is InChI=1S/C24H30N2O3/c1-4-29-22-13-11-20(12-14-22)25-23(27)18-6-8-19(9-7-18)24(28)26-21-10-5-16(2)17(3)15-21/h5,10-15,18-19H,4,6-9H2,1-3H3,(H,25,27)(H,26,28). The van der Waals surface area contributed by atoms with Crippen LogP contribution in [-0.2, 0) is 9.59 Å². The SMILES string of the molecule is CCOc1ccc(NC(=O)C2CCC(C(=O)Nc3ccc(C)c(C)c3)CC2)cc1. The molecule has 0 aromatic heterocycles. The number of amides is 2. The summed E-state index contributed by atoms with van der Waals surface area (Å²) in [5.74, 6) is 0.792. The molecular formula is C24H30N2O3. The predicted molar refractivity (Wildman–Crippen MR) is 116 cm³/mol. The van der Waals surface area contributed by atoms with Gasteiger partial charge in [-0.3, -0.25) is 9.59 Å². The number of nitrogens with one attached hydrogen (secondary N) is 2. The zero-order valence-corrected chi connectivity index (χ0v) is 17.5. The second-order valence-electron chi connectivity index (χ2n) is 7.78. The van der Waals surface area contributed by atoms with Crippen molar-refractivity contribution in [1.82, 2.24) is 0 Å². The maximum atomic E-state index is 12.6. The van der Waals surface area contributed by atoms with Crippen molar-refractivity contribution in [3.8, 4) is 5.75 Å². The number of hydrogen-bond donors (Lipinski definition) is 2. The lowest BCUT2D eigenvalue weighted by Gasteiger charge is -2.27. The van der Waals surface area contributed by atoms with Crippen LogP contribution in [0.1, 0.15) is 43.7 Å². The highest BCUT2D eigenvalue weighted by Gasteiger charge is 2.30. The minimum atomic E-state index is -0.0489. The minimum Gasteiger partial charge on any atom is -0.494 e. The van der Waals surface area contributed by atoms with E-state index in [1.54, 1.807) is 0 Å². The van der Waals surface area contributed by atoms with Gasteiger partial charge in [-0.2, -0.15) is 0 Å². The number of anilines is 2. The van der Waals surface area contributed by atoms with E-state index in [2.05, 4.69) is 17.6 Å². The summed E-state index contributed by atoms with van der Waals surface area (Å²) < 4.78 is 5.42. The number of carbonyl (C=O) groups excluding carboxylic acids is 2. The van der Waals surface area contributed by atoms with E-state index in [9.17, 15) is 9.59 Å². The molecule has 1 saturated carbocycles. The van der Waals surface area contributed by atoms with Crippen molar-refractivity contribution < 1.29 is 14.3 Å². The molecule has 2 aromatic rings. The van der Waals surface area contributed by atoms with Crippen molar-refractivity contribution >= 4 is 23.2 Å². The number of benzene rings is 2.